The van der Waals surface area contributed by atoms with Crippen molar-refractivity contribution in [3.63, 3.8) is 0 Å². The average Bonchev–Trinajstić information content (AvgIpc) is 2.60. The summed E-state index contributed by atoms with van der Waals surface area (Å²) < 4.78 is 0.649. The molecule has 0 unspecified atom stereocenters. The Morgan fingerprint density at radius 2 is 2.19 bits per heavy atom. The van der Waals surface area contributed by atoms with Gasteiger partial charge in [-0.2, -0.15) is 0 Å². The third-order valence-corrected chi connectivity index (χ3v) is 3.27. The molecule has 16 heavy (non-hydrogen) atoms. The maximum atomic E-state index is 11.6. The number of carbonyl (C=O) groups is 2. The highest BCUT2D eigenvalue weighted by Gasteiger charge is 2.12. The van der Waals surface area contributed by atoms with Crippen molar-refractivity contribution in [3.8, 4) is 0 Å². The van der Waals surface area contributed by atoms with E-state index in [-0.39, 0.29) is 25.3 Å². The molecule has 0 aromatic carbocycles. The van der Waals surface area contributed by atoms with E-state index in [1.807, 2.05) is 0 Å². The Hall–Kier alpha value is -1.07. The molecule has 88 valence electrons. The number of halogens is 1. The van der Waals surface area contributed by atoms with Gasteiger partial charge in [0.05, 0.1) is 17.2 Å². The lowest BCUT2D eigenvalue weighted by atomic mass is 10.3. The molecule has 0 fully saturated rings. The first-order valence-electron chi connectivity index (χ1n) is 4.69. The van der Waals surface area contributed by atoms with Crippen LogP contribution in [0.15, 0.2) is 12.1 Å². The topological polar surface area (TPSA) is 57.6 Å². The summed E-state index contributed by atoms with van der Waals surface area (Å²) >= 11 is 7.10. The highest BCUT2D eigenvalue weighted by molar-refractivity contribution is 7.16. The summed E-state index contributed by atoms with van der Waals surface area (Å²) in [5, 5.41) is 8.48. The minimum atomic E-state index is -0.904. The van der Waals surface area contributed by atoms with Crippen LogP contribution in [-0.4, -0.2) is 35.5 Å². The van der Waals surface area contributed by atoms with Gasteiger partial charge < -0.3 is 10.0 Å². The van der Waals surface area contributed by atoms with Gasteiger partial charge in [0.1, 0.15) is 0 Å². The fourth-order valence-electron chi connectivity index (χ4n) is 1.12. The maximum Gasteiger partial charge on any atom is 0.305 e. The summed E-state index contributed by atoms with van der Waals surface area (Å²) in [5.41, 5.74) is 0. The van der Waals surface area contributed by atoms with E-state index in [1.54, 1.807) is 19.2 Å². The van der Waals surface area contributed by atoms with Crippen molar-refractivity contribution in [3.05, 3.63) is 21.3 Å². The molecule has 0 saturated heterocycles. The van der Waals surface area contributed by atoms with E-state index in [4.69, 9.17) is 16.7 Å². The van der Waals surface area contributed by atoms with E-state index < -0.39 is 5.97 Å². The van der Waals surface area contributed by atoms with Gasteiger partial charge in [-0.3, -0.25) is 9.59 Å². The number of carbonyl (C=O) groups excluding carboxylic acids is 1. The van der Waals surface area contributed by atoms with E-state index in [9.17, 15) is 9.59 Å². The van der Waals surface area contributed by atoms with Crippen molar-refractivity contribution in [2.45, 2.75) is 12.8 Å². The van der Waals surface area contributed by atoms with E-state index in [0.717, 1.165) is 4.88 Å². The molecular weight excluding hydrogens is 250 g/mol. The average molecular weight is 262 g/mol. The summed E-state index contributed by atoms with van der Waals surface area (Å²) in [6.45, 7) is 0.229. The van der Waals surface area contributed by atoms with Gasteiger partial charge >= 0.3 is 5.97 Å². The Morgan fingerprint density at radius 1 is 1.50 bits per heavy atom. The number of carboxylic acid groups (broad SMARTS) is 1. The highest BCUT2D eigenvalue weighted by atomic mass is 35.5. The quantitative estimate of drug-likeness (QED) is 0.880. The van der Waals surface area contributed by atoms with Crippen LogP contribution in [0.25, 0.3) is 0 Å². The lowest BCUT2D eigenvalue weighted by Gasteiger charge is -2.15. The van der Waals surface area contributed by atoms with Crippen molar-refractivity contribution in [2.24, 2.45) is 0 Å². The van der Waals surface area contributed by atoms with Crippen LogP contribution in [0.4, 0.5) is 0 Å². The van der Waals surface area contributed by atoms with Crippen molar-refractivity contribution in [1.82, 2.24) is 4.90 Å². The number of likely N-dealkylation sites (N-methyl/N-ethyl adjacent to an activating group) is 1. The van der Waals surface area contributed by atoms with Crippen molar-refractivity contribution < 1.29 is 14.7 Å². The molecule has 0 atom stereocenters. The first-order valence-corrected chi connectivity index (χ1v) is 5.88. The van der Waals surface area contributed by atoms with Gasteiger partial charge in [-0.05, 0) is 12.1 Å². The predicted molar refractivity (Wildman–Crippen MR) is 62.9 cm³/mol. The molecule has 6 heteroatoms. The molecule has 0 aliphatic rings. The molecule has 0 aliphatic heterocycles. The van der Waals surface area contributed by atoms with Crippen LogP contribution in [0, 0.1) is 0 Å². The molecule has 0 radical (unpaired) electrons. The van der Waals surface area contributed by atoms with Gasteiger partial charge in [0, 0.05) is 18.5 Å². The SMILES string of the molecule is CN(CCC(=O)O)C(=O)Cc1ccc(Cl)s1. The molecule has 4 nitrogen and oxygen atoms in total. The number of rotatable bonds is 5. The molecule has 0 aliphatic carbocycles. The summed E-state index contributed by atoms with van der Waals surface area (Å²) in [7, 11) is 1.60. The number of carboxylic acids is 1. The van der Waals surface area contributed by atoms with Crippen molar-refractivity contribution in [2.75, 3.05) is 13.6 Å². The fraction of sp³-hybridized carbons (Fsp3) is 0.400. The third-order valence-electron chi connectivity index (χ3n) is 2.04. The molecule has 0 bridgehead atoms. The van der Waals surface area contributed by atoms with E-state index in [2.05, 4.69) is 0 Å². The van der Waals surface area contributed by atoms with Crippen LogP contribution < -0.4 is 0 Å². The molecule has 0 spiro atoms. The number of aliphatic carboxylic acids is 1. The monoisotopic (exact) mass is 261 g/mol. The number of hydrogen-bond donors (Lipinski definition) is 1. The van der Waals surface area contributed by atoms with Crippen LogP contribution in [0.5, 0.6) is 0 Å². The molecular formula is C10H12ClNO3S. The number of thiophene rings is 1. The van der Waals surface area contributed by atoms with Gasteiger partial charge in [0.25, 0.3) is 0 Å². The van der Waals surface area contributed by atoms with Crippen LogP contribution >= 0.6 is 22.9 Å². The second-order valence-corrected chi connectivity index (χ2v) is 5.14. The van der Waals surface area contributed by atoms with Crippen LogP contribution in [-0.2, 0) is 16.0 Å². The van der Waals surface area contributed by atoms with Crippen LogP contribution in [0.1, 0.15) is 11.3 Å². The van der Waals surface area contributed by atoms with Gasteiger partial charge in [-0.1, -0.05) is 11.6 Å². The van der Waals surface area contributed by atoms with Crippen LogP contribution in [0.3, 0.4) is 0 Å². The normalized spacial score (nSPS) is 10.1. The van der Waals surface area contributed by atoms with E-state index in [0.29, 0.717) is 4.34 Å². The van der Waals surface area contributed by atoms with Crippen molar-refractivity contribution in [1.29, 1.82) is 0 Å². The number of amides is 1. The van der Waals surface area contributed by atoms with Gasteiger partial charge in [-0.15, -0.1) is 11.3 Å². The van der Waals surface area contributed by atoms with Gasteiger partial charge in [-0.25, -0.2) is 0 Å². The minimum Gasteiger partial charge on any atom is -0.481 e. The van der Waals surface area contributed by atoms with Crippen molar-refractivity contribution >= 4 is 34.8 Å². The highest BCUT2D eigenvalue weighted by Crippen LogP contribution is 2.22. The lowest BCUT2D eigenvalue weighted by Crippen LogP contribution is -2.30. The minimum absolute atomic E-state index is 0.0343. The molecule has 1 aromatic rings. The standard InChI is InChI=1S/C10H12ClNO3S/c1-12(5-4-10(14)15)9(13)6-7-2-3-8(11)16-7/h2-3H,4-6H2,1H3,(H,14,15). The zero-order chi connectivity index (χ0) is 12.1. The van der Waals surface area contributed by atoms with Gasteiger partial charge in [0.15, 0.2) is 0 Å². The molecule has 1 amide bonds. The Labute approximate surface area is 102 Å². The van der Waals surface area contributed by atoms with Crippen LogP contribution in [0.2, 0.25) is 4.34 Å². The largest absolute Gasteiger partial charge is 0.481 e. The maximum absolute atomic E-state index is 11.6. The predicted octanol–water partition coefficient (Wildman–Crippen LogP) is 1.88. The van der Waals surface area contributed by atoms with E-state index in [1.165, 1.54) is 16.2 Å². The third kappa shape index (κ3) is 4.20. The van der Waals surface area contributed by atoms with Gasteiger partial charge in [0.2, 0.25) is 5.91 Å². The Kier molecular flexibility index (Phi) is 4.76. The summed E-state index contributed by atoms with van der Waals surface area (Å²) in [5.74, 6) is -1.00. The molecule has 1 rings (SSSR count). The number of nitrogens with zero attached hydrogens (tertiary/aromatic N) is 1. The zero-order valence-corrected chi connectivity index (χ0v) is 10.3. The Balaban J connectivity index is 2.42. The smallest absolute Gasteiger partial charge is 0.305 e. The molecule has 0 saturated carbocycles. The molecule has 1 N–H and O–H groups in total. The summed E-state index contributed by atoms with van der Waals surface area (Å²) in [4.78, 5) is 24.3. The first kappa shape index (κ1) is 13.0. The first-order chi connectivity index (χ1) is 7.49. The second kappa shape index (κ2) is 5.86. The lowest BCUT2D eigenvalue weighted by molar-refractivity contribution is -0.138. The Bertz CT molecular complexity index is 391. The zero-order valence-electron chi connectivity index (χ0n) is 8.77. The van der Waals surface area contributed by atoms with E-state index >= 15 is 0 Å². The second-order valence-electron chi connectivity index (χ2n) is 3.34. The fourth-order valence-corrected chi connectivity index (χ4v) is 2.20. The molecule has 1 heterocycles. The summed E-state index contributed by atoms with van der Waals surface area (Å²) in [6.07, 6.45) is 0.237. The number of hydrogen-bond acceptors (Lipinski definition) is 3. The Morgan fingerprint density at radius 3 is 2.69 bits per heavy atom. The molecule has 1 aromatic heterocycles. The summed E-state index contributed by atoms with van der Waals surface area (Å²) in [6, 6.07) is 3.54.